The standard InChI is InChI=1S/C22H20ClN5O/c1-15-10-20(16(2)28(15)19-5-3-4-18(23)11-19)22(29)26-13-17-6-7-21(25-12-17)27-9-8-24-14-27/h3-12,14H,13H2,1-2H3,(H,26,29). The number of rotatable bonds is 5. The lowest BCUT2D eigenvalue weighted by Gasteiger charge is -2.10. The number of imidazole rings is 1. The molecular formula is C22H20ClN5O. The number of hydrogen-bond donors (Lipinski definition) is 1. The maximum atomic E-state index is 12.8. The Kier molecular flexibility index (Phi) is 5.18. The zero-order valence-electron chi connectivity index (χ0n) is 16.1. The first-order valence-corrected chi connectivity index (χ1v) is 9.57. The molecule has 0 spiro atoms. The zero-order chi connectivity index (χ0) is 20.4. The van der Waals surface area contributed by atoms with Gasteiger partial charge in [-0.25, -0.2) is 9.97 Å². The summed E-state index contributed by atoms with van der Waals surface area (Å²) >= 11 is 6.13. The normalized spacial score (nSPS) is 10.9. The summed E-state index contributed by atoms with van der Waals surface area (Å²) < 4.78 is 3.86. The number of halogens is 1. The van der Waals surface area contributed by atoms with E-state index in [0.717, 1.165) is 28.5 Å². The molecule has 7 heteroatoms. The Labute approximate surface area is 173 Å². The molecule has 3 heterocycles. The monoisotopic (exact) mass is 405 g/mol. The lowest BCUT2D eigenvalue weighted by Crippen LogP contribution is -2.23. The number of carbonyl (C=O) groups is 1. The second-order valence-corrected chi connectivity index (χ2v) is 7.21. The van der Waals surface area contributed by atoms with Crippen molar-refractivity contribution in [3.63, 3.8) is 0 Å². The van der Waals surface area contributed by atoms with E-state index >= 15 is 0 Å². The van der Waals surface area contributed by atoms with Crippen LogP contribution in [0.25, 0.3) is 11.5 Å². The van der Waals surface area contributed by atoms with E-state index in [-0.39, 0.29) is 5.91 Å². The second kappa shape index (κ2) is 7.93. The molecule has 6 nitrogen and oxygen atoms in total. The maximum Gasteiger partial charge on any atom is 0.253 e. The highest BCUT2D eigenvalue weighted by atomic mass is 35.5. The molecule has 1 N–H and O–H groups in total. The predicted octanol–water partition coefficient (Wildman–Crippen LogP) is 4.26. The average Bonchev–Trinajstić information content (AvgIpc) is 3.35. The van der Waals surface area contributed by atoms with Crippen molar-refractivity contribution in [3.8, 4) is 11.5 Å². The van der Waals surface area contributed by atoms with E-state index in [9.17, 15) is 4.79 Å². The molecule has 0 aliphatic heterocycles. The molecule has 3 aromatic heterocycles. The number of hydrogen-bond acceptors (Lipinski definition) is 3. The van der Waals surface area contributed by atoms with Crippen LogP contribution in [0.5, 0.6) is 0 Å². The van der Waals surface area contributed by atoms with Crippen molar-refractivity contribution in [2.75, 3.05) is 0 Å². The van der Waals surface area contributed by atoms with Crippen LogP contribution in [0.1, 0.15) is 27.3 Å². The summed E-state index contributed by atoms with van der Waals surface area (Å²) in [5.41, 5.74) is 4.35. The van der Waals surface area contributed by atoms with E-state index in [2.05, 4.69) is 15.3 Å². The first-order valence-electron chi connectivity index (χ1n) is 9.19. The molecule has 4 aromatic rings. The van der Waals surface area contributed by atoms with E-state index in [4.69, 9.17) is 11.6 Å². The van der Waals surface area contributed by atoms with Gasteiger partial charge in [0.2, 0.25) is 0 Å². The molecule has 29 heavy (non-hydrogen) atoms. The first-order chi connectivity index (χ1) is 14.0. The number of aromatic nitrogens is 4. The van der Waals surface area contributed by atoms with Crippen LogP contribution in [-0.2, 0) is 6.54 Å². The summed E-state index contributed by atoms with van der Waals surface area (Å²) in [5, 5.41) is 3.64. The van der Waals surface area contributed by atoms with Crippen molar-refractivity contribution in [2.45, 2.75) is 20.4 Å². The number of amides is 1. The Morgan fingerprint density at radius 1 is 1.17 bits per heavy atom. The van der Waals surface area contributed by atoms with Gasteiger partial charge in [-0.2, -0.15) is 0 Å². The van der Waals surface area contributed by atoms with E-state index < -0.39 is 0 Å². The Hall–Kier alpha value is -3.38. The lowest BCUT2D eigenvalue weighted by atomic mass is 10.2. The van der Waals surface area contributed by atoms with Crippen LogP contribution in [0, 0.1) is 13.8 Å². The fourth-order valence-electron chi connectivity index (χ4n) is 3.35. The van der Waals surface area contributed by atoms with Gasteiger partial charge in [-0.1, -0.05) is 23.7 Å². The molecule has 0 unspecified atom stereocenters. The maximum absolute atomic E-state index is 12.8. The largest absolute Gasteiger partial charge is 0.348 e. The Balaban J connectivity index is 1.48. The number of carbonyl (C=O) groups excluding carboxylic acids is 1. The number of nitrogens with one attached hydrogen (secondary N) is 1. The number of aryl methyl sites for hydroxylation is 1. The molecule has 0 fully saturated rings. The molecule has 0 bridgehead atoms. The molecular weight excluding hydrogens is 386 g/mol. The van der Waals surface area contributed by atoms with Gasteiger partial charge in [-0.15, -0.1) is 0 Å². The van der Waals surface area contributed by atoms with Crippen LogP contribution in [0.2, 0.25) is 5.02 Å². The van der Waals surface area contributed by atoms with Crippen molar-refractivity contribution in [1.82, 2.24) is 24.4 Å². The third kappa shape index (κ3) is 3.93. The molecule has 0 aliphatic rings. The fraction of sp³-hybridized carbons (Fsp3) is 0.136. The summed E-state index contributed by atoms with van der Waals surface area (Å²) in [7, 11) is 0. The van der Waals surface area contributed by atoms with Crippen molar-refractivity contribution in [3.05, 3.63) is 94.9 Å². The third-order valence-electron chi connectivity index (χ3n) is 4.77. The molecule has 0 atom stereocenters. The van der Waals surface area contributed by atoms with Crippen LogP contribution in [-0.4, -0.2) is 25.0 Å². The molecule has 0 saturated carbocycles. The van der Waals surface area contributed by atoms with Crippen molar-refractivity contribution >= 4 is 17.5 Å². The minimum absolute atomic E-state index is 0.120. The van der Waals surface area contributed by atoms with Gasteiger partial charge >= 0.3 is 0 Å². The van der Waals surface area contributed by atoms with E-state index in [1.54, 1.807) is 18.7 Å². The van der Waals surface area contributed by atoms with Gasteiger partial charge in [0, 0.05) is 47.2 Å². The van der Waals surface area contributed by atoms with E-state index in [0.29, 0.717) is 17.1 Å². The highest BCUT2D eigenvalue weighted by Crippen LogP contribution is 2.23. The summed E-state index contributed by atoms with van der Waals surface area (Å²) in [6.45, 7) is 4.31. The van der Waals surface area contributed by atoms with Crippen LogP contribution in [0.15, 0.2) is 67.4 Å². The smallest absolute Gasteiger partial charge is 0.253 e. The van der Waals surface area contributed by atoms with Gasteiger partial charge in [0.1, 0.15) is 12.1 Å². The Bertz CT molecular complexity index is 1150. The van der Waals surface area contributed by atoms with Gasteiger partial charge < -0.3 is 9.88 Å². The average molecular weight is 406 g/mol. The Morgan fingerprint density at radius 3 is 2.72 bits per heavy atom. The summed E-state index contributed by atoms with van der Waals surface area (Å²) in [6.07, 6.45) is 6.99. The van der Waals surface area contributed by atoms with Crippen LogP contribution < -0.4 is 5.32 Å². The first kappa shape index (κ1) is 19.0. The highest BCUT2D eigenvalue weighted by molar-refractivity contribution is 6.30. The van der Waals surface area contributed by atoms with Gasteiger partial charge in [-0.05, 0) is 49.7 Å². The molecule has 0 saturated heterocycles. The molecule has 1 amide bonds. The third-order valence-corrected chi connectivity index (χ3v) is 5.01. The zero-order valence-corrected chi connectivity index (χ0v) is 16.9. The summed E-state index contributed by atoms with van der Waals surface area (Å²) in [4.78, 5) is 21.2. The second-order valence-electron chi connectivity index (χ2n) is 6.78. The van der Waals surface area contributed by atoms with Crippen LogP contribution >= 0.6 is 11.6 Å². The number of nitrogens with zero attached hydrogens (tertiary/aromatic N) is 4. The quantitative estimate of drug-likeness (QED) is 0.539. The van der Waals surface area contributed by atoms with Gasteiger partial charge in [0.05, 0.1) is 5.56 Å². The van der Waals surface area contributed by atoms with Gasteiger partial charge in [-0.3, -0.25) is 9.36 Å². The fourth-order valence-corrected chi connectivity index (χ4v) is 3.54. The van der Waals surface area contributed by atoms with Crippen molar-refractivity contribution in [2.24, 2.45) is 0 Å². The molecule has 146 valence electrons. The SMILES string of the molecule is Cc1cc(C(=O)NCc2ccc(-n3ccnc3)nc2)c(C)n1-c1cccc(Cl)c1. The van der Waals surface area contributed by atoms with Crippen molar-refractivity contribution < 1.29 is 4.79 Å². The van der Waals surface area contributed by atoms with Crippen molar-refractivity contribution in [1.29, 1.82) is 0 Å². The topological polar surface area (TPSA) is 64.7 Å². The number of benzene rings is 1. The Morgan fingerprint density at radius 2 is 2.03 bits per heavy atom. The lowest BCUT2D eigenvalue weighted by molar-refractivity contribution is 0.0950. The van der Waals surface area contributed by atoms with Gasteiger partial charge in [0.15, 0.2) is 0 Å². The summed E-state index contributed by atoms with van der Waals surface area (Å²) in [6, 6.07) is 13.3. The van der Waals surface area contributed by atoms with E-state index in [1.165, 1.54) is 0 Å². The summed E-state index contributed by atoms with van der Waals surface area (Å²) in [5.74, 6) is 0.660. The van der Waals surface area contributed by atoms with Gasteiger partial charge in [0.25, 0.3) is 5.91 Å². The minimum Gasteiger partial charge on any atom is -0.348 e. The highest BCUT2D eigenvalue weighted by Gasteiger charge is 2.16. The molecule has 4 rings (SSSR count). The van der Waals surface area contributed by atoms with Crippen LogP contribution in [0.3, 0.4) is 0 Å². The molecule has 1 aromatic carbocycles. The van der Waals surface area contributed by atoms with Crippen LogP contribution in [0.4, 0.5) is 0 Å². The molecule has 0 aliphatic carbocycles. The molecule has 0 radical (unpaired) electrons. The predicted molar refractivity (Wildman–Crippen MR) is 113 cm³/mol. The van der Waals surface area contributed by atoms with E-state index in [1.807, 2.05) is 71.6 Å². The number of pyridine rings is 1. The minimum atomic E-state index is -0.120.